The summed E-state index contributed by atoms with van der Waals surface area (Å²) in [7, 11) is 0. The van der Waals surface area contributed by atoms with Crippen LogP contribution < -0.4 is 4.90 Å². The minimum absolute atomic E-state index is 0.515. The number of nitrogens with zero attached hydrogens (tertiary/aromatic N) is 3. The molecule has 0 bridgehead atoms. The third kappa shape index (κ3) is 2.95. The Balaban J connectivity index is 1.86. The maximum atomic E-state index is 10.2. The normalized spacial score (nSPS) is 27.6. The number of rotatable bonds is 1. The summed E-state index contributed by atoms with van der Waals surface area (Å²) in [5, 5.41) is 10.2. The van der Waals surface area contributed by atoms with Gasteiger partial charge < -0.3 is 10.0 Å². The molecular weight excluding hydrogens is 250 g/mol. The Morgan fingerprint density at radius 3 is 2.80 bits per heavy atom. The van der Waals surface area contributed by atoms with E-state index in [0.717, 1.165) is 51.0 Å². The quantitative estimate of drug-likeness (QED) is 0.800. The first-order valence-corrected chi connectivity index (χ1v) is 7.96. The van der Waals surface area contributed by atoms with Crippen molar-refractivity contribution in [1.82, 2.24) is 9.97 Å². The van der Waals surface area contributed by atoms with Crippen molar-refractivity contribution >= 4 is 5.82 Å². The Morgan fingerprint density at radius 2 is 1.90 bits per heavy atom. The van der Waals surface area contributed by atoms with Crippen LogP contribution in [0.25, 0.3) is 0 Å². The van der Waals surface area contributed by atoms with Crippen LogP contribution in [-0.2, 0) is 12.8 Å². The molecule has 2 aliphatic rings. The lowest BCUT2D eigenvalue weighted by molar-refractivity contribution is 0.0481. The minimum Gasteiger partial charge on any atom is -0.390 e. The summed E-state index contributed by atoms with van der Waals surface area (Å²) in [4.78, 5) is 11.4. The average molecular weight is 275 g/mol. The van der Waals surface area contributed by atoms with Gasteiger partial charge in [-0.25, -0.2) is 9.97 Å². The first-order valence-electron chi connectivity index (χ1n) is 7.96. The van der Waals surface area contributed by atoms with Gasteiger partial charge in [-0.15, -0.1) is 0 Å². The Morgan fingerprint density at radius 1 is 1.05 bits per heavy atom. The van der Waals surface area contributed by atoms with Crippen molar-refractivity contribution in [3.63, 3.8) is 0 Å². The highest BCUT2D eigenvalue weighted by Crippen LogP contribution is 2.29. The molecule has 1 aromatic rings. The van der Waals surface area contributed by atoms with Gasteiger partial charge in [-0.1, -0.05) is 6.42 Å². The number of aliphatic hydroxyl groups is 1. The van der Waals surface area contributed by atoms with Crippen LogP contribution in [0.15, 0.2) is 6.33 Å². The molecule has 1 aliphatic carbocycles. The third-order valence-corrected chi connectivity index (χ3v) is 4.72. The van der Waals surface area contributed by atoms with Gasteiger partial charge in [-0.2, -0.15) is 0 Å². The van der Waals surface area contributed by atoms with Crippen molar-refractivity contribution < 1.29 is 5.11 Å². The molecule has 2 heterocycles. The second-order valence-electron chi connectivity index (χ2n) is 6.52. The van der Waals surface area contributed by atoms with Gasteiger partial charge in [-0.3, -0.25) is 0 Å². The molecular formula is C16H25N3O. The lowest BCUT2D eigenvalue weighted by Gasteiger charge is -2.25. The Hall–Kier alpha value is -1.16. The van der Waals surface area contributed by atoms with E-state index in [1.54, 1.807) is 6.33 Å². The monoisotopic (exact) mass is 275 g/mol. The molecule has 0 amide bonds. The number of hydrogen-bond donors (Lipinski definition) is 1. The lowest BCUT2D eigenvalue weighted by Crippen LogP contribution is -2.29. The molecule has 1 N–H and O–H groups in total. The van der Waals surface area contributed by atoms with Crippen LogP contribution in [0.2, 0.25) is 0 Å². The van der Waals surface area contributed by atoms with Crippen molar-refractivity contribution in [2.24, 2.45) is 0 Å². The van der Waals surface area contributed by atoms with Crippen molar-refractivity contribution in [3.8, 4) is 0 Å². The molecule has 1 saturated heterocycles. The van der Waals surface area contributed by atoms with Gasteiger partial charge in [0.1, 0.15) is 12.1 Å². The van der Waals surface area contributed by atoms with E-state index in [1.807, 2.05) is 6.92 Å². The molecule has 1 aliphatic heterocycles. The fraction of sp³-hybridized carbons (Fsp3) is 0.750. The van der Waals surface area contributed by atoms with Gasteiger partial charge in [0.05, 0.1) is 5.60 Å². The molecule has 1 atom stereocenters. The first-order chi connectivity index (χ1) is 9.66. The van der Waals surface area contributed by atoms with Crippen LogP contribution >= 0.6 is 0 Å². The fourth-order valence-corrected chi connectivity index (χ4v) is 3.43. The zero-order chi connectivity index (χ0) is 14.0. The van der Waals surface area contributed by atoms with Crippen molar-refractivity contribution in [1.29, 1.82) is 0 Å². The van der Waals surface area contributed by atoms with Crippen LogP contribution in [0, 0.1) is 0 Å². The standard InChI is InChI=1S/C16H25N3O/c1-16(20)8-5-10-19(11-9-16)15-13-6-3-2-4-7-14(13)17-12-18-15/h12,20H,2-11H2,1H3. The van der Waals surface area contributed by atoms with E-state index in [2.05, 4.69) is 14.9 Å². The summed E-state index contributed by atoms with van der Waals surface area (Å²) in [6, 6.07) is 0. The van der Waals surface area contributed by atoms with Gasteiger partial charge in [0, 0.05) is 24.3 Å². The van der Waals surface area contributed by atoms with Gasteiger partial charge in [-0.05, 0) is 51.9 Å². The highest BCUT2D eigenvalue weighted by molar-refractivity contribution is 5.49. The Bertz CT molecular complexity index is 473. The van der Waals surface area contributed by atoms with E-state index in [1.165, 1.54) is 30.5 Å². The summed E-state index contributed by atoms with van der Waals surface area (Å²) >= 11 is 0. The van der Waals surface area contributed by atoms with E-state index in [0.29, 0.717) is 0 Å². The number of aromatic nitrogens is 2. The number of hydrogen-bond acceptors (Lipinski definition) is 4. The third-order valence-electron chi connectivity index (χ3n) is 4.72. The fourth-order valence-electron chi connectivity index (χ4n) is 3.43. The largest absolute Gasteiger partial charge is 0.390 e. The molecule has 3 rings (SSSR count). The smallest absolute Gasteiger partial charge is 0.135 e. The lowest BCUT2D eigenvalue weighted by atomic mass is 9.98. The summed E-state index contributed by atoms with van der Waals surface area (Å²) in [5.74, 6) is 1.13. The summed E-state index contributed by atoms with van der Waals surface area (Å²) in [6.07, 6.45) is 10.5. The molecule has 0 spiro atoms. The van der Waals surface area contributed by atoms with Crippen molar-refractivity contribution in [2.45, 2.75) is 63.9 Å². The van der Waals surface area contributed by atoms with Crippen LogP contribution in [-0.4, -0.2) is 33.8 Å². The number of fused-ring (bicyclic) bond motifs is 1. The van der Waals surface area contributed by atoms with Crippen LogP contribution in [0.1, 0.15) is 56.7 Å². The highest BCUT2D eigenvalue weighted by atomic mass is 16.3. The summed E-state index contributed by atoms with van der Waals surface area (Å²) in [5.41, 5.74) is 2.11. The molecule has 4 heteroatoms. The topological polar surface area (TPSA) is 49.2 Å². The zero-order valence-electron chi connectivity index (χ0n) is 12.4. The maximum Gasteiger partial charge on any atom is 0.135 e. The molecule has 1 aromatic heterocycles. The second kappa shape index (κ2) is 5.68. The molecule has 0 saturated carbocycles. The highest BCUT2D eigenvalue weighted by Gasteiger charge is 2.27. The van der Waals surface area contributed by atoms with Gasteiger partial charge in [0.2, 0.25) is 0 Å². The molecule has 0 aromatic carbocycles. The Labute approximate surface area is 121 Å². The van der Waals surface area contributed by atoms with Crippen LogP contribution in [0.4, 0.5) is 5.82 Å². The van der Waals surface area contributed by atoms with E-state index >= 15 is 0 Å². The predicted molar refractivity (Wildman–Crippen MR) is 80.0 cm³/mol. The Kier molecular flexibility index (Phi) is 3.92. The van der Waals surface area contributed by atoms with Crippen LogP contribution in [0.3, 0.4) is 0 Å². The average Bonchev–Trinajstić information content (AvgIpc) is 2.76. The van der Waals surface area contributed by atoms with E-state index in [9.17, 15) is 5.11 Å². The molecule has 0 radical (unpaired) electrons. The second-order valence-corrected chi connectivity index (χ2v) is 6.52. The molecule has 4 nitrogen and oxygen atoms in total. The van der Waals surface area contributed by atoms with Gasteiger partial charge in [0.25, 0.3) is 0 Å². The maximum absolute atomic E-state index is 10.2. The van der Waals surface area contributed by atoms with E-state index < -0.39 is 5.60 Å². The number of anilines is 1. The number of aryl methyl sites for hydroxylation is 1. The molecule has 1 unspecified atom stereocenters. The zero-order valence-corrected chi connectivity index (χ0v) is 12.4. The minimum atomic E-state index is -0.515. The molecule has 20 heavy (non-hydrogen) atoms. The van der Waals surface area contributed by atoms with Crippen molar-refractivity contribution in [2.75, 3.05) is 18.0 Å². The van der Waals surface area contributed by atoms with Gasteiger partial charge in [0.15, 0.2) is 0 Å². The summed E-state index contributed by atoms with van der Waals surface area (Å²) in [6.45, 7) is 3.85. The van der Waals surface area contributed by atoms with Crippen molar-refractivity contribution in [3.05, 3.63) is 17.6 Å². The molecule has 110 valence electrons. The first kappa shape index (κ1) is 13.8. The van der Waals surface area contributed by atoms with Crippen LogP contribution in [0.5, 0.6) is 0 Å². The van der Waals surface area contributed by atoms with E-state index in [4.69, 9.17) is 0 Å². The summed E-state index contributed by atoms with van der Waals surface area (Å²) < 4.78 is 0. The van der Waals surface area contributed by atoms with Gasteiger partial charge >= 0.3 is 0 Å². The molecule has 1 fully saturated rings. The predicted octanol–water partition coefficient (Wildman–Crippen LogP) is 2.49. The SMILES string of the molecule is CC1(O)CCCN(c2ncnc3c2CCCCC3)CC1. The van der Waals surface area contributed by atoms with E-state index in [-0.39, 0.29) is 0 Å².